The second-order valence-corrected chi connectivity index (χ2v) is 6.08. The van der Waals surface area contributed by atoms with Crippen molar-refractivity contribution in [2.45, 2.75) is 44.5 Å². The Bertz CT molecular complexity index is 444. The maximum atomic E-state index is 12.7. The fraction of sp³-hybridized carbons (Fsp3) is 0.750. The molecule has 0 spiro atoms. The van der Waals surface area contributed by atoms with E-state index in [1.807, 2.05) is 0 Å². The van der Waals surface area contributed by atoms with Crippen LogP contribution in [-0.2, 0) is 23.8 Å². The Balaban J connectivity index is 1.62. The van der Waals surface area contributed by atoms with Gasteiger partial charge in [-0.3, -0.25) is 9.59 Å². The van der Waals surface area contributed by atoms with Gasteiger partial charge >= 0.3 is 5.97 Å². The minimum atomic E-state index is -0.631. The first kappa shape index (κ1) is 15.5. The van der Waals surface area contributed by atoms with Gasteiger partial charge in [-0.15, -0.1) is 0 Å². The Labute approximate surface area is 130 Å². The van der Waals surface area contributed by atoms with Gasteiger partial charge in [-0.05, 0) is 25.2 Å². The topological polar surface area (TPSA) is 65.1 Å². The first-order valence-electron chi connectivity index (χ1n) is 8.09. The van der Waals surface area contributed by atoms with Gasteiger partial charge < -0.3 is 19.1 Å². The Morgan fingerprint density at radius 1 is 1.18 bits per heavy atom. The van der Waals surface area contributed by atoms with Crippen molar-refractivity contribution in [3.8, 4) is 0 Å². The summed E-state index contributed by atoms with van der Waals surface area (Å²) in [6.45, 7) is 2.21. The van der Waals surface area contributed by atoms with Gasteiger partial charge in [0.15, 0.2) is 12.4 Å². The number of cyclic esters (lactones) is 1. The molecule has 2 fully saturated rings. The molecule has 0 saturated carbocycles. The molecule has 0 aromatic carbocycles. The molecule has 0 radical (unpaired) electrons. The molecule has 3 aliphatic rings. The van der Waals surface area contributed by atoms with E-state index in [9.17, 15) is 9.59 Å². The van der Waals surface area contributed by atoms with Crippen molar-refractivity contribution in [1.29, 1.82) is 0 Å². The van der Waals surface area contributed by atoms with Crippen LogP contribution in [0.15, 0.2) is 12.2 Å². The number of esters is 1. The van der Waals surface area contributed by atoms with Crippen molar-refractivity contribution >= 4 is 11.9 Å². The molecule has 2 aliphatic heterocycles. The lowest BCUT2D eigenvalue weighted by Crippen LogP contribution is -2.45. The monoisotopic (exact) mass is 309 g/mol. The number of hydrogen-bond donors (Lipinski definition) is 0. The van der Waals surface area contributed by atoms with Crippen molar-refractivity contribution in [1.82, 2.24) is 4.90 Å². The van der Waals surface area contributed by atoms with Crippen molar-refractivity contribution in [2.75, 3.05) is 26.3 Å². The summed E-state index contributed by atoms with van der Waals surface area (Å²) >= 11 is 0. The van der Waals surface area contributed by atoms with E-state index in [-0.39, 0.29) is 18.2 Å². The smallest absolute Gasteiger partial charge is 0.306 e. The molecule has 0 bridgehead atoms. The van der Waals surface area contributed by atoms with Crippen molar-refractivity contribution < 1.29 is 23.8 Å². The lowest BCUT2D eigenvalue weighted by Gasteiger charge is -2.31. The van der Waals surface area contributed by atoms with E-state index in [0.29, 0.717) is 45.1 Å². The van der Waals surface area contributed by atoms with Crippen LogP contribution in [0.5, 0.6) is 0 Å². The van der Waals surface area contributed by atoms with Crippen LogP contribution >= 0.6 is 0 Å². The third-order valence-electron chi connectivity index (χ3n) is 4.39. The van der Waals surface area contributed by atoms with Crippen LogP contribution in [-0.4, -0.2) is 55.5 Å². The predicted molar refractivity (Wildman–Crippen MR) is 77.9 cm³/mol. The van der Waals surface area contributed by atoms with E-state index >= 15 is 0 Å². The van der Waals surface area contributed by atoms with Crippen LogP contribution in [0.2, 0.25) is 0 Å². The molecule has 3 rings (SSSR count). The summed E-state index contributed by atoms with van der Waals surface area (Å²) in [6, 6.07) is 0. The fourth-order valence-electron chi connectivity index (χ4n) is 3.18. The molecule has 0 aromatic rings. The molecule has 6 heteroatoms. The summed E-state index contributed by atoms with van der Waals surface area (Å²) in [7, 11) is 0. The zero-order valence-corrected chi connectivity index (χ0v) is 12.7. The minimum absolute atomic E-state index is 0.112. The Morgan fingerprint density at radius 2 is 2.00 bits per heavy atom. The van der Waals surface area contributed by atoms with E-state index in [1.54, 1.807) is 4.90 Å². The summed E-state index contributed by atoms with van der Waals surface area (Å²) in [5.41, 5.74) is 0. The molecule has 1 amide bonds. The molecule has 0 aromatic heterocycles. The summed E-state index contributed by atoms with van der Waals surface area (Å²) in [4.78, 5) is 25.7. The van der Waals surface area contributed by atoms with E-state index in [1.165, 1.54) is 0 Å². The molecule has 2 heterocycles. The molecular formula is C16H23NO5. The molecular weight excluding hydrogens is 286 g/mol. The third-order valence-corrected chi connectivity index (χ3v) is 4.39. The van der Waals surface area contributed by atoms with Gasteiger partial charge in [-0.2, -0.15) is 0 Å². The highest BCUT2D eigenvalue weighted by molar-refractivity contribution is 5.86. The van der Waals surface area contributed by atoms with Crippen LogP contribution in [0.3, 0.4) is 0 Å². The van der Waals surface area contributed by atoms with Crippen LogP contribution in [0.4, 0.5) is 0 Å². The molecule has 1 aliphatic carbocycles. The van der Waals surface area contributed by atoms with Crippen LogP contribution < -0.4 is 0 Å². The highest BCUT2D eigenvalue weighted by Gasteiger charge is 2.35. The summed E-state index contributed by atoms with van der Waals surface area (Å²) in [5, 5.41) is 0. The number of carbonyl (C=O) groups excluding carboxylic acids is 2. The van der Waals surface area contributed by atoms with E-state index in [4.69, 9.17) is 14.2 Å². The normalized spacial score (nSPS) is 28.8. The highest BCUT2D eigenvalue weighted by Crippen LogP contribution is 2.23. The first-order valence-corrected chi connectivity index (χ1v) is 8.09. The maximum Gasteiger partial charge on any atom is 0.306 e. The predicted octanol–water partition coefficient (Wildman–Crippen LogP) is 1.25. The van der Waals surface area contributed by atoms with Gasteiger partial charge in [0.1, 0.15) is 0 Å². The average Bonchev–Trinajstić information content (AvgIpc) is 3.18. The third kappa shape index (κ3) is 3.87. The van der Waals surface area contributed by atoms with E-state index < -0.39 is 6.10 Å². The number of allylic oxidation sites excluding steroid dienone is 2. The van der Waals surface area contributed by atoms with Gasteiger partial charge in [-0.25, -0.2) is 0 Å². The molecule has 0 N–H and O–H groups in total. The highest BCUT2D eigenvalue weighted by atomic mass is 16.7. The quantitative estimate of drug-likeness (QED) is 0.565. The summed E-state index contributed by atoms with van der Waals surface area (Å²) in [5.74, 6) is 0.0548. The zero-order valence-electron chi connectivity index (χ0n) is 12.7. The molecule has 2 saturated heterocycles. The lowest BCUT2D eigenvalue weighted by atomic mass is 9.93. The van der Waals surface area contributed by atoms with Crippen LogP contribution in [0, 0.1) is 5.92 Å². The maximum absolute atomic E-state index is 12.7. The number of ether oxygens (including phenoxy) is 3. The van der Waals surface area contributed by atoms with E-state index in [2.05, 4.69) is 12.2 Å². The molecule has 2 atom stereocenters. The van der Waals surface area contributed by atoms with Crippen molar-refractivity contribution in [3.05, 3.63) is 12.2 Å². The standard InChI is InChI=1S/C16H23NO5/c18-14-7-6-13(22-14)16(19)17(11-15-20-8-9-21-15)10-12-4-2-1-3-5-12/h1-2,12-13,15H,3-11H2/t12-,13+/m1/s1. The lowest BCUT2D eigenvalue weighted by molar-refractivity contribution is -0.156. The summed E-state index contributed by atoms with van der Waals surface area (Å²) < 4.78 is 16.1. The van der Waals surface area contributed by atoms with E-state index in [0.717, 1.165) is 19.3 Å². The average molecular weight is 309 g/mol. The van der Waals surface area contributed by atoms with Gasteiger partial charge in [-0.1, -0.05) is 12.2 Å². The minimum Gasteiger partial charge on any atom is -0.452 e. The number of nitrogens with zero attached hydrogens (tertiary/aromatic N) is 1. The van der Waals surface area contributed by atoms with Gasteiger partial charge in [0.25, 0.3) is 5.91 Å². The second kappa shape index (κ2) is 7.24. The van der Waals surface area contributed by atoms with Crippen molar-refractivity contribution in [2.24, 2.45) is 5.92 Å². The SMILES string of the molecule is O=C1CC[C@@H](C(=O)N(CC2OCCO2)C[C@@H]2CC=CCC2)O1. The number of carbonyl (C=O) groups is 2. The Morgan fingerprint density at radius 3 is 2.64 bits per heavy atom. The molecule has 0 unspecified atom stereocenters. The van der Waals surface area contributed by atoms with Crippen LogP contribution in [0.1, 0.15) is 32.1 Å². The molecule has 22 heavy (non-hydrogen) atoms. The number of rotatable bonds is 5. The van der Waals surface area contributed by atoms with Crippen molar-refractivity contribution in [3.63, 3.8) is 0 Å². The largest absolute Gasteiger partial charge is 0.452 e. The zero-order chi connectivity index (χ0) is 15.4. The fourth-order valence-corrected chi connectivity index (χ4v) is 3.18. The molecule has 6 nitrogen and oxygen atoms in total. The number of hydrogen-bond acceptors (Lipinski definition) is 5. The first-order chi connectivity index (χ1) is 10.7. The van der Waals surface area contributed by atoms with Gasteiger partial charge in [0.2, 0.25) is 0 Å². The number of amides is 1. The van der Waals surface area contributed by atoms with Gasteiger partial charge in [0, 0.05) is 19.4 Å². The molecule has 122 valence electrons. The Hall–Kier alpha value is -1.40. The second-order valence-electron chi connectivity index (χ2n) is 6.08. The Kier molecular flexibility index (Phi) is 5.10. The van der Waals surface area contributed by atoms with Gasteiger partial charge in [0.05, 0.1) is 19.8 Å². The van der Waals surface area contributed by atoms with Crippen LogP contribution in [0.25, 0.3) is 0 Å². The summed E-state index contributed by atoms with van der Waals surface area (Å²) in [6.07, 6.45) is 7.30.